The van der Waals surface area contributed by atoms with Crippen LogP contribution in [0.15, 0.2) is 29.2 Å². The fourth-order valence-electron chi connectivity index (χ4n) is 1.39. The van der Waals surface area contributed by atoms with E-state index in [2.05, 4.69) is 0 Å². The molecule has 7 nitrogen and oxygen atoms in total. The molecule has 1 atom stereocenters. The van der Waals surface area contributed by atoms with E-state index in [1.54, 1.807) is 0 Å². The summed E-state index contributed by atoms with van der Waals surface area (Å²) >= 11 is 5.64. The Morgan fingerprint density at radius 3 is 2.30 bits per heavy atom. The number of primary amides is 1. The van der Waals surface area contributed by atoms with Crippen molar-refractivity contribution in [2.24, 2.45) is 5.73 Å². The first-order valence-electron chi connectivity index (χ1n) is 5.51. The molecule has 0 aliphatic rings. The molecule has 0 bridgehead atoms. The van der Waals surface area contributed by atoms with Crippen LogP contribution in [0.3, 0.4) is 0 Å². The van der Waals surface area contributed by atoms with Crippen molar-refractivity contribution in [1.29, 1.82) is 0 Å². The zero-order valence-electron chi connectivity index (χ0n) is 10.2. The Morgan fingerprint density at radius 1 is 1.30 bits per heavy atom. The second-order valence-electron chi connectivity index (χ2n) is 3.97. The number of carbonyl (C=O) groups is 2. The van der Waals surface area contributed by atoms with Crippen LogP contribution in [-0.2, 0) is 19.6 Å². The Balaban J connectivity index is 2.88. The zero-order chi connectivity index (χ0) is 15.3. The largest absolute Gasteiger partial charge is 0.480 e. The van der Waals surface area contributed by atoms with Crippen LogP contribution in [0.5, 0.6) is 0 Å². The van der Waals surface area contributed by atoms with E-state index in [1.165, 1.54) is 24.3 Å². The summed E-state index contributed by atoms with van der Waals surface area (Å²) in [6.45, 7) is 0. The highest BCUT2D eigenvalue weighted by Gasteiger charge is 2.25. The Morgan fingerprint density at radius 2 is 1.85 bits per heavy atom. The number of nitrogens with one attached hydrogen (secondary N) is 1. The van der Waals surface area contributed by atoms with Crippen LogP contribution in [0.4, 0.5) is 0 Å². The number of hydrogen-bond acceptors (Lipinski definition) is 4. The lowest BCUT2D eigenvalue weighted by molar-refractivity contribution is -0.139. The number of halogens is 1. The number of carbonyl (C=O) groups excluding carboxylic acids is 1. The van der Waals surface area contributed by atoms with Gasteiger partial charge in [0.05, 0.1) is 4.90 Å². The molecule has 0 radical (unpaired) electrons. The Hall–Kier alpha value is -1.64. The zero-order valence-corrected chi connectivity index (χ0v) is 11.8. The van der Waals surface area contributed by atoms with Crippen molar-refractivity contribution in [3.05, 3.63) is 29.3 Å². The average molecular weight is 321 g/mol. The molecule has 110 valence electrons. The molecule has 0 saturated heterocycles. The first-order chi connectivity index (χ1) is 9.22. The van der Waals surface area contributed by atoms with Crippen molar-refractivity contribution in [2.75, 3.05) is 0 Å². The molecule has 0 fully saturated rings. The van der Waals surface area contributed by atoms with Gasteiger partial charge < -0.3 is 10.8 Å². The van der Waals surface area contributed by atoms with Crippen molar-refractivity contribution in [3.63, 3.8) is 0 Å². The third-order valence-corrected chi connectivity index (χ3v) is 4.14. The van der Waals surface area contributed by atoms with Gasteiger partial charge in [-0.1, -0.05) is 11.6 Å². The number of amides is 1. The number of rotatable bonds is 7. The summed E-state index contributed by atoms with van der Waals surface area (Å²) in [7, 11) is -4.01. The van der Waals surface area contributed by atoms with Crippen molar-refractivity contribution < 1.29 is 23.1 Å². The SMILES string of the molecule is NC(=O)CCC(NS(=O)(=O)c1ccc(Cl)cc1)C(=O)O. The van der Waals surface area contributed by atoms with E-state index in [9.17, 15) is 18.0 Å². The van der Waals surface area contributed by atoms with E-state index in [1.807, 2.05) is 4.72 Å². The van der Waals surface area contributed by atoms with Gasteiger partial charge in [0.25, 0.3) is 0 Å². The van der Waals surface area contributed by atoms with Gasteiger partial charge in [-0.2, -0.15) is 4.72 Å². The molecular weight excluding hydrogens is 308 g/mol. The number of aliphatic carboxylic acids is 1. The lowest BCUT2D eigenvalue weighted by atomic mass is 10.2. The summed E-state index contributed by atoms with van der Waals surface area (Å²) in [5, 5.41) is 9.29. The van der Waals surface area contributed by atoms with Crippen LogP contribution in [0, 0.1) is 0 Å². The maximum atomic E-state index is 12.0. The highest BCUT2D eigenvalue weighted by Crippen LogP contribution is 2.15. The molecule has 4 N–H and O–H groups in total. The molecule has 0 saturated carbocycles. The summed E-state index contributed by atoms with van der Waals surface area (Å²) in [5.41, 5.74) is 4.91. The van der Waals surface area contributed by atoms with Crippen LogP contribution in [0.2, 0.25) is 5.02 Å². The Kier molecular flexibility index (Phi) is 5.49. The summed E-state index contributed by atoms with van der Waals surface area (Å²) < 4.78 is 25.9. The Labute approximate surface area is 120 Å². The van der Waals surface area contributed by atoms with Crippen molar-refractivity contribution in [2.45, 2.75) is 23.8 Å². The molecule has 1 aromatic rings. The molecule has 9 heteroatoms. The quantitative estimate of drug-likeness (QED) is 0.667. The molecule has 1 amide bonds. The first-order valence-corrected chi connectivity index (χ1v) is 7.37. The van der Waals surface area contributed by atoms with Crippen LogP contribution < -0.4 is 10.5 Å². The molecule has 20 heavy (non-hydrogen) atoms. The molecule has 1 aromatic carbocycles. The van der Waals surface area contributed by atoms with E-state index in [0.717, 1.165) is 0 Å². The van der Waals surface area contributed by atoms with Crippen molar-refractivity contribution >= 4 is 33.5 Å². The van der Waals surface area contributed by atoms with Crippen molar-refractivity contribution in [1.82, 2.24) is 4.72 Å². The van der Waals surface area contributed by atoms with Gasteiger partial charge in [-0.25, -0.2) is 8.42 Å². The molecule has 0 aliphatic heterocycles. The molecule has 1 rings (SSSR count). The summed E-state index contributed by atoms with van der Waals surface area (Å²) in [4.78, 5) is 21.5. The molecule has 1 unspecified atom stereocenters. The molecular formula is C11H13ClN2O5S. The van der Waals surface area contributed by atoms with Gasteiger partial charge in [0.15, 0.2) is 0 Å². The maximum absolute atomic E-state index is 12.0. The van der Waals surface area contributed by atoms with Gasteiger partial charge in [-0.15, -0.1) is 0 Å². The number of hydrogen-bond donors (Lipinski definition) is 3. The lowest BCUT2D eigenvalue weighted by Gasteiger charge is -2.14. The van der Waals surface area contributed by atoms with Gasteiger partial charge in [0.2, 0.25) is 15.9 Å². The first kappa shape index (κ1) is 16.4. The monoisotopic (exact) mass is 320 g/mol. The highest BCUT2D eigenvalue weighted by molar-refractivity contribution is 7.89. The summed E-state index contributed by atoms with van der Waals surface area (Å²) in [6.07, 6.45) is -0.461. The summed E-state index contributed by atoms with van der Waals surface area (Å²) in [6, 6.07) is 3.81. The minimum atomic E-state index is -4.01. The average Bonchev–Trinajstić information content (AvgIpc) is 2.34. The van der Waals surface area contributed by atoms with E-state index < -0.39 is 27.9 Å². The smallest absolute Gasteiger partial charge is 0.321 e. The molecule has 0 aromatic heterocycles. The number of carboxylic acids is 1. The van der Waals surface area contributed by atoms with E-state index in [4.69, 9.17) is 22.4 Å². The fourth-order valence-corrected chi connectivity index (χ4v) is 2.74. The predicted molar refractivity (Wildman–Crippen MR) is 71.6 cm³/mol. The van der Waals surface area contributed by atoms with Crippen LogP contribution in [0.1, 0.15) is 12.8 Å². The highest BCUT2D eigenvalue weighted by atomic mass is 35.5. The van der Waals surface area contributed by atoms with E-state index in [-0.39, 0.29) is 17.7 Å². The molecule has 0 heterocycles. The number of sulfonamides is 1. The maximum Gasteiger partial charge on any atom is 0.321 e. The van der Waals surface area contributed by atoms with Gasteiger partial charge >= 0.3 is 5.97 Å². The lowest BCUT2D eigenvalue weighted by Crippen LogP contribution is -2.41. The third-order valence-electron chi connectivity index (χ3n) is 2.40. The fraction of sp³-hybridized carbons (Fsp3) is 0.273. The Bertz CT molecular complexity index is 600. The summed E-state index contributed by atoms with van der Waals surface area (Å²) in [5.74, 6) is -2.09. The topological polar surface area (TPSA) is 127 Å². The van der Waals surface area contributed by atoms with Crippen LogP contribution >= 0.6 is 11.6 Å². The second-order valence-corrected chi connectivity index (χ2v) is 6.12. The standard InChI is InChI=1S/C11H13ClN2O5S/c12-7-1-3-8(4-2-7)20(18,19)14-9(11(16)17)5-6-10(13)15/h1-4,9,14H,5-6H2,(H2,13,15)(H,16,17). The third kappa shape index (κ3) is 4.80. The predicted octanol–water partition coefficient (Wildman–Crippen LogP) is 0.337. The second kappa shape index (κ2) is 6.69. The van der Waals surface area contributed by atoms with Gasteiger partial charge in [-0.05, 0) is 30.7 Å². The minimum absolute atomic E-state index is 0.118. The number of nitrogens with two attached hydrogens (primary N) is 1. The number of benzene rings is 1. The minimum Gasteiger partial charge on any atom is -0.480 e. The van der Waals surface area contributed by atoms with Crippen LogP contribution in [0.25, 0.3) is 0 Å². The molecule has 0 spiro atoms. The van der Waals surface area contributed by atoms with Crippen LogP contribution in [-0.4, -0.2) is 31.4 Å². The van der Waals surface area contributed by atoms with Gasteiger partial charge in [0, 0.05) is 11.4 Å². The normalized spacial score (nSPS) is 12.8. The number of carboxylic acid groups (broad SMARTS) is 1. The van der Waals surface area contributed by atoms with Gasteiger partial charge in [0.1, 0.15) is 6.04 Å². The van der Waals surface area contributed by atoms with E-state index in [0.29, 0.717) is 5.02 Å². The molecule has 0 aliphatic carbocycles. The van der Waals surface area contributed by atoms with Gasteiger partial charge in [-0.3, -0.25) is 9.59 Å². The van der Waals surface area contributed by atoms with E-state index >= 15 is 0 Å². The van der Waals surface area contributed by atoms with Crippen molar-refractivity contribution in [3.8, 4) is 0 Å².